The van der Waals surface area contributed by atoms with E-state index in [-0.39, 0.29) is 30.7 Å². The number of carbonyl (C=O) groups is 3. The molecule has 174 valence electrons. The van der Waals surface area contributed by atoms with Gasteiger partial charge in [0.15, 0.2) is 0 Å². The first-order valence-corrected chi connectivity index (χ1v) is 11.5. The van der Waals surface area contributed by atoms with Crippen molar-refractivity contribution in [2.75, 3.05) is 56.0 Å². The Hall–Kier alpha value is -3.39. The number of aryl methyl sites for hydroxylation is 1. The highest BCUT2D eigenvalue weighted by atomic mass is 16.2. The molecule has 2 N–H and O–H groups in total. The number of nitrogens with one attached hydrogen (secondary N) is 2. The molecule has 0 radical (unpaired) electrons. The van der Waals surface area contributed by atoms with Crippen LogP contribution in [-0.4, -0.2) is 79.4 Å². The van der Waals surface area contributed by atoms with E-state index in [0.29, 0.717) is 18.8 Å². The van der Waals surface area contributed by atoms with Crippen LogP contribution in [0.25, 0.3) is 0 Å². The van der Waals surface area contributed by atoms with Crippen molar-refractivity contribution in [1.82, 2.24) is 15.1 Å². The second-order valence-electron chi connectivity index (χ2n) is 8.61. The normalized spacial score (nSPS) is 19.2. The zero-order valence-corrected chi connectivity index (χ0v) is 19.0. The second-order valence-corrected chi connectivity index (χ2v) is 8.61. The van der Waals surface area contributed by atoms with Crippen LogP contribution in [-0.2, 0) is 14.4 Å². The first-order chi connectivity index (χ1) is 16.0. The summed E-state index contributed by atoms with van der Waals surface area (Å²) in [5, 5.41) is 5.61. The van der Waals surface area contributed by atoms with Crippen LogP contribution < -0.4 is 15.5 Å². The van der Waals surface area contributed by atoms with E-state index in [1.807, 2.05) is 49.4 Å². The average Bonchev–Trinajstić information content (AvgIpc) is 2.83. The molecule has 0 saturated carbocycles. The van der Waals surface area contributed by atoms with E-state index < -0.39 is 6.04 Å². The molecule has 0 bridgehead atoms. The Labute approximate surface area is 194 Å². The van der Waals surface area contributed by atoms with Gasteiger partial charge in [-0.2, -0.15) is 0 Å². The van der Waals surface area contributed by atoms with E-state index in [1.165, 1.54) is 5.69 Å². The van der Waals surface area contributed by atoms with Crippen LogP contribution in [0.5, 0.6) is 0 Å². The third kappa shape index (κ3) is 5.90. The van der Waals surface area contributed by atoms with Gasteiger partial charge in [0.05, 0.1) is 13.0 Å². The minimum absolute atomic E-state index is 0.0623. The topological polar surface area (TPSA) is 85.0 Å². The Bertz CT molecular complexity index is 971. The van der Waals surface area contributed by atoms with Crippen molar-refractivity contribution in [2.45, 2.75) is 19.4 Å². The minimum Gasteiger partial charge on any atom is -0.369 e. The lowest BCUT2D eigenvalue weighted by molar-refractivity contribution is -0.145. The summed E-state index contributed by atoms with van der Waals surface area (Å²) >= 11 is 0. The van der Waals surface area contributed by atoms with E-state index in [9.17, 15) is 14.4 Å². The fourth-order valence-electron chi connectivity index (χ4n) is 4.33. The molecule has 2 aromatic carbocycles. The molecule has 33 heavy (non-hydrogen) atoms. The molecule has 2 saturated heterocycles. The fraction of sp³-hybridized carbons (Fsp3) is 0.400. The molecule has 8 nitrogen and oxygen atoms in total. The molecule has 1 atom stereocenters. The number of benzene rings is 2. The maximum atomic E-state index is 13.1. The van der Waals surface area contributed by atoms with Crippen molar-refractivity contribution in [1.29, 1.82) is 0 Å². The highest BCUT2D eigenvalue weighted by Crippen LogP contribution is 2.17. The molecular formula is C25H31N5O3. The van der Waals surface area contributed by atoms with Crippen LogP contribution in [0.2, 0.25) is 0 Å². The van der Waals surface area contributed by atoms with Crippen LogP contribution >= 0.6 is 0 Å². The molecular weight excluding hydrogens is 418 g/mol. The van der Waals surface area contributed by atoms with Gasteiger partial charge in [-0.3, -0.25) is 19.3 Å². The van der Waals surface area contributed by atoms with E-state index in [2.05, 4.69) is 32.6 Å². The molecule has 0 unspecified atom stereocenters. The third-order valence-corrected chi connectivity index (χ3v) is 6.22. The number of anilines is 2. The molecule has 3 amide bonds. The summed E-state index contributed by atoms with van der Waals surface area (Å²) in [6, 6.07) is 16.9. The van der Waals surface area contributed by atoms with Gasteiger partial charge in [0, 0.05) is 50.6 Å². The highest BCUT2D eigenvalue weighted by molar-refractivity contribution is 5.97. The van der Waals surface area contributed by atoms with Gasteiger partial charge in [0.1, 0.15) is 6.04 Å². The van der Waals surface area contributed by atoms with Gasteiger partial charge in [-0.15, -0.1) is 0 Å². The lowest BCUT2D eigenvalue weighted by Gasteiger charge is -2.39. The summed E-state index contributed by atoms with van der Waals surface area (Å²) in [7, 11) is 0. The highest BCUT2D eigenvalue weighted by Gasteiger charge is 2.35. The smallest absolute Gasteiger partial charge is 0.243 e. The molecule has 2 fully saturated rings. The molecule has 2 aromatic rings. The molecule has 2 aliphatic rings. The zero-order valence-electron chi connectivity index (χ0n) is 19.0. The zero-order chi connectivity index (χ0) is 23.2. The Kier molecular flexibility index (Phi) is 7.24. The van der Waals surface area contributed by atoms with Crippen LogP contribution in [0.1, 0.15) is 12.0 Å². The van der Waals surface area contributed by atoms with Crippen LogP contribution in [0.4, 0.5) is 11.4 Å². The van der Waals surface area contributed by atoms with E-state index >= 15 is 0 Å². The minimum atomic E-state index is -0.790. The fourth-order valence-corrected chi connectivity index (χ4v) is 4.33. The van der Waals surface area contributed by atoms with Crippen molar-refractivity contribution in [3.63, 3.8) is 0 Å². The third-order valence-electron chi connectivity index (χ3n) is 6.22. The molecule has 0 aliphatic carbocycles. The Morgan fingerprint density at radius 1 is 0.970 bits per heavy atom. The van der Waals surface area contributed by atoms with Gasteiger partial charge in [-0.1, -0.05) is 35.9 Å². The summed E-state index contributed by atoms with van der Waals surface area (Å²) in [6.07, 6.45) is -0.0623. The summed E-state index contributed by atoms with van der Waals surface area (Å²) in [4.78, 5) is 44.2. The maximum Gasteiger partial charge on any atom is 0.243 e. The van der Waals surface area contributed by atoms with Crippen molar-refractivity contribution in [2.24, 2.45) is 0 Å². The molecule has 2 aliphatic heterocycles. The molecule has 2 heterocycles. The summed E-state index contributed by atoms with van der Waals surface area (Å²) in [6.45, 7) is 6.30. The number of hydrogen-bond acceptors (Lipinski definition) is 5. The van der Waals surface area contributed by atoms with Gasteiger partial charge in [-0.25, -0.2) is 0 Å². The van der Waals surface area contributed by atoms with E-state index in [1.54, 1.807) is 4.90 Å². The standard InChI is InChI=1S/C25H31N5O3/c1-19-7-9-20(10-8-19)27-23(31)17-22-25(33)26-11-12-30(22)24(32)18-28-13-15-29(16-14-28)21-5-3-2-4-6-21/h2-10,22H,11-18H2,1H3,(H,26,33)(H,27,31)/t22-/m0/s1. The monoisotopic (exact) mass is 449 g/mol. The Morgan fingerprint density at radius 3 is 2.36 bits per heavy atom. The van der Waals surface area contributed by atoms with Gasteiger partial charge in [-0.05, 0) is 31.2 Å². The Balaban J connectivity index is 1.32. The second kappa shape index (κ2) is 10.5. The average molecular weight is 450 g/mol. The van der Waals surface area contributed by atoms with Crippen molar-refractivity contribution < 1.29 is 14.4 Å². The Morgan fingerprint density at radius 2 is 1.67 bits per heavy atom. The molecule has 0 aromatic heterocycles. The van der Waals surface area contributed by atoms with Crippen molar-refractivity contribution >= 4 is 29.1 Å². The molecule has 0 spiro atoms. The number of hydrogen-bond donors (Lipinski definition) is 2. The number of rotatable bonds is 6. The summed E-state index contributed by atoms with van der Waals surface area (Å²) in [5.41, 5.74) is 2.97. The number of para-hydroxylation sites is 1. The van der Waals surface area contributed by atoms with E-state index in [4.69, 9.17) is 0 Å². The van der Waals surface area contributed by atoms with Gasteiger partial charge in [0.2, 0.25) is 17.7 Å². The lowest BCUT2D eigenvalue weighted by Crippen LogP contribution is -2.60. The number of nitrogens with zero attached hydrogens (tertiary/aromatic N) is 3. The predicted octanol–water partition coefficient (Wildman–Crippen LogP) is 1.47. The first-order valence-electron chi connectivity index (χ1n) is 11.5. The largest absolute Gasteiger partial charge is 0.369 e. The number of amides is 3. The van der Waals surface area contributed by atoms with E-state index in [0.717, 1.165) is 31.7 Å². The lowest BCUT2D eigenvalue weighted by atomic mass is 10.1. The summed E-state index contributed by atoms with van der Waals surface area (Å²) in [5.74, 6) is -0.663. The quantitative estimate of drug-likeness (QED) is 0.698. The van der Waals surface area contributed by atoms with Gasteiger partial charge < -0.3 is 20.4 Å². The van der Waals surface area contributed by atoms with Gasteiger partial charge in [0.25, 0.3) is 0 Å². The number of carbonyl (C=O) groups excluding carboxylic acids is 3. The predicted molar refractivity (Wildman–Crippen MR) is 128 cm³/mol. The van der Waals surface area contributed by atoms with Crippen molar-refractivity contribution in [3.8, 4) is 0 Å². The first kappa shape index (κ1) is 22.8. The van der Waals surface area contributed by atoms with Gasteiger partial charge >= 0.3 is 0 Å². The summed E-state index contributed by atoms with van der Waals surface area (Å²) < 4.78 is 0. The number of piperazine rings is 2. The molecule has 8 heteroatoms. The van der Waals surface area contributed by atoms with Crippen LogP contribution in [0.3, 0.4) is 0 Å². The van der Waals surface area contributed by atoms with Crippen LogP contribution in [0, 0.1) is 6.92 Å². The SMILES string of the molecule is Cc1ccc(NC(=O)C[C@H]2C(=O)NCCN2C(=O)CN2CCN(c3ccccc3)CC2)cc1. The van der Waals surface area contributed by atoms with Crippen molar-refractivity contribution in [3.05, 3.63) is 60.2 Å². The molecule has 4 rings (SSSR count). The van der Waals surface area contributed by atoms with Crippen LogP contribution in [0.15, 0.2) is 54.6 Å². The maximum absolute atomic E-state index is 13.1.